The minimum atomic E-state index is -0.119. The minimum Gasteiger partial charge on any atom is -0.492 e. The normalized spacial score (nSPS) is 20.0. The molecule has 2 heterocycles. The van der Waals surface area contributed by atoms with Gasteiger partial charge in [-0.05, 0) is 35.7 Å². The van der Waals surface area contributed by atoms with Crippen LogP contribution in [-0.4, -0.2) is 55.0 Å². The second-order valence-corrected chi connectivity index (χ2v) is 8.06. The van der Waals surface area contributed by atoms with E-state index in [0.717, 1.165) is 62.6 Å². The smallest absolute Gasteiger partial charge is 0.227 e. The van der Waals surface area contributed by atoms with Crippen molar-refractivity contribution in [2.24, 2.45) is 5.92 Å². The summed E-state index contributed by atoms with van der Waals surface area (Å²) in [6.45, 7) is 9.99. The van der Waals surface area contributed by atoms with Gasteiger partial charge in [0, 0.05) is 39.3 Å². The monoisotopic (exact) mass is 393 g/mol. The van der Waals surface area contributed by atoms with Gasteiger partial charge < -0.3 is 15.0 Å². The van der Waals surface area contributed by atoms with E-state index in [1.165, 1.54) is 5.56 Å². The van der Waals surface area contributed by atoms with Gasteiger partial charge in [-0.15, -0.1) is 0 Å². The first-order chi connectivity index (χ1) is 14.2. The minimum absolute atomic E-state index is 0.0670. The molecule has 2 aliphatic heterocycles. The molecule has 4 rings (SSSR count). The van der Waals surface area contributed by atoms with Crippen molar-refractivity contribution in [1.29, 1.82) is 0 Å². The van der Waals surface area contributed by atoms with E-state index < -0.39 is 0 Å². The van der Waals surface area contributed by atoms with Crippen LogP contribution in [0.15, 0.2) is 48.5 Å². The van der Waals surface area contributed by atoms with Crippen LogP contribution in [0.3, 0.4) is 0 Å². The SMILES string of the molecule is CCN1CCN(Cc2ccc(CNC(=O)C3COc4ccccc4C3)cc2)CC1. The lowest BCUT2D eigenvalue weighted by Gasteiger charge is -2.34. The Labute approximate surface area is 173 Å². The number of carbonyl (C=O) groups is 1. The van der Waals surface area contributed by atoms with E-state index in [0.29, 0.717) is 13.2 Å². The number of likely N-dealkylation sites (N-methyl/N-ethyl adjacent to an activating group) is 1. The number of ether oxygens (including phenoxy) is 1. The first-order valence-electron chi connectivity index (χ1n) is 10.7. The predicted octanol–water partition coefficient (Wildman–Crippen LogP) is 2.69. The molecule has 29 heavy (non-hydrogen) atoms. The zero-order valence-electron chi connectivity index (χ0n) is 17.3. The number of piperazine rings is 1. The number of amides is 1. The molecule has 0 bridgehead atoms. The third-order valence-electron chi connectivity index (χ3n) is 6.06. The molecule has 0 spiro atoms. The molecule has 2 aromatic carbocycles. The second kappa shape index (κ2) is 9.42. The van der Waals surface area contributed by atoms with E-state index in [1.807, 2.05) is 24.3 Å². The van der Waals surface area contributed by atoms with Crippen molar-refractivity contribution in [1.82, 2.24) is 15.1 Å². The third kappa shape index (κ3) is 5.17. The van der Waals surface area contributed by atoms with E-state index in [9.17, 15) is 4.79 Å². The van der Waals surface area contributed by atoms with Crippen LogP contribution < -0.4 is 10.1 Å². The second-order valence-electron chi connectivity index (χ2n) is 8.06. The van der Waals surface area contributed by atoms with Gasteiger partial charge in [0.15, 0.2) is 0 Å². The number of hydrogen-bond acceptors (Lipinski definition) is 4. The van der Waals surface area contributed by atoms with Crippen molar-refractivity contribution in [3.8, 4) is 5.75 Å². The van der Waals surface area contributed by atoms with Crippen LogP contribution in [0.1, 0.15) is 23.6 Å². The highest BCUT2D eigenvalue weighted by Crippen LogP contribution is 2.26. The van der Waals surface area contributed by atoms with Crippen LogP contribution in [-0.2, 0) is 24.3 Å². The summed E-state index contributed by atoms with van der Waals surface area (Å²) in [7, 11) is 0. The zero-order valence-corrected chi connectivity index (χ0v) is 17.3. The standard InChI is InChI=1S/C24H31N3O2/c1-2-26-11-13-27(14-12-26)17-20-9-7-19(8-10-20)16-25-24(28)22-15-21-5-3-4-6-23(21)29-18-22/h3-10,22H,2,11-18H2,1H3,(H,25,28). The lowest BCUT2D eigenvalue weighted by atomic mass is 9.96. The fourth-order valence-electron chi connectivity index (χ4n) is 4.11. The molecule has 1 amide bonds. The molecule has 1 N–H and O–H groups in total. The Morgan fingerprint density at radius 3 is 2.45 bits per heavy atom. The molecular formula is C24H31N3O2. The van der Waals surface area contributed by atoms with Gasteiger partial charge in [0.05, 0.1) is 5.92 Å². The Kier molecular flexibility index (Phi) is 6.47. The molecular weight excluding hydrogens is 362 g/mol. The van der Waals surface area contributed by atoms with Crippen LogP contribution in [0.5, 0.6) is 5.75 Å². The number of fused-ring (bicyclic) bond motifs is 1. The van der Waals surface area contributed by atoms with Crippen LogP contribution in [0.4, 0.5) is 0 Å². The van der Waals surface area contributed by atoms with E-state index >= 15 is 0 Å². The van der Waals surface area contributed by atoms with Gasteiger partial charge in [-0.25, -0.2) is 0 Å². The number of benzene rings is 2. The average molecular weight is 394 g/mol. The van der Waals surface area contributed by atoms with Crippen molar-refractivity contribution >= 4 is 5.91 Å². The summed E-state index contributed by atoms with van der Waals surface area (Å²) in [6.07, 6.45) is 0.742. The number of rotatable bonds is 6. The highest BCUT2D eigenvalue weighted by molar-refractivity contribution is 5.79. The van der Waals surface area contributed by atoms with Crippen LogP contribution in [0.2, 0.25) is 0 Å². The molecule has 1 fully saturated rings. The van der Waals surface area contributed by atoms with E-state index in [1.54, 1.807) is 0 Å². The average Bonchev–Trinajstić information content (AvgIpc) is 2.78. The Balaban J connectivity index is 1.24. The highest BCUT2D eigenvalue weighted by Gasteiger charge is 2.25. The largest absolute Gasteiger partial charge is 0.492 e. The van der Waals surface area contributed by atoms with Gasteiger partial charge in [-0.3, -0.25) is 9.69 Å². The summed E-state index contributed by atoms with van der Waals surface area (Å²) in [4.78, 5) is 17.6. The quantitative estimate of drug-likeness (QED) is 0.820. The molecule has 0 saturated carbocycles. The Morgan fingerprint density at radius 2 is 1.69 bits per heavy atom. The van der Waals surface area contributed by atoms with Gasteiger partial charge in [-0.2, -0.15) is 0 Å². The molecule has 5 nitrogen and oxygen atoms in total. The lowest BCUT2D eigenvalue weighted by Crippen LogP contribution is -2.45. The van der Waals surface area contributed by atoms with Crippen molar-refractivity contribution in [2.45, 2.75) is 26.4 Å². The van der Waals surface area contributed by atoms with E-state index in [-0.39, 0.29) is 11.8 Å². The maximum atomic E-state index is 12.6. The molecule has 2 aromatic rings. The third-order valence-corrected chi connectivity index (χ3v) is 6.06. The van der Waals surface area contributed by atoms with Crippen molar-refractivity contribution < 1.29 is 9.53 Å². The van der Waals surface area contributed by atoms with Crippen molar-refractivity contribution in [2.75, 3.05) is 39.3 Å². The Bertz CT molecular complexity index is 813. The summed E-state index contributed by atoms with van der Waals surface area (Å²) in [6, 6.07) is 16.6. The van der Waals surface area contributed by atoms with Crippen LogP contribution >= 0.6 is 0 Å². The predicted molar refractivity (Wildman–Crippen MR) is 115 cm³/mol. The Hall–Kier alpha value is -2.37. The molecule has 0 aromatic heterocycles. The maximum absolute atomic E-state index is 12.6. The van der Waals surface area contributed by atoms with Gasteiger partial charge in [0.2, 0.25) is 5.91 Å². The molecule has 5 heteroatoms. The summed E-state index contributed by atoms with van der Waals surface area (Å²) in [5, 5.41) is 3.08. The number of para-hydroxylation sites is 1. The summed E-state index contributed by atoms with van der Waals surface area (Å²) >= 11 is 0. The molecule has 1 saturated heterocycles. The molecule has 0 aliphatic carbocycles. The van der Waals surface area contributed by atoms with Gasteiger partial charge in [0.25, 0.3) is 0 Å². The molecule has 1 unspecified atom stereocenters. The summed E-state index contributed by atoms with van der Waals surface area (Å²) in [5.74, 6) is 0.853. The number of nitrogens with one attached hydrogen (secondary N) is 1. The highest BCUT2D eigenvalue weighted by atomic mass is 16.5. The van der Waals surface area contributed by atoms with E-state index in [2.05, 4.69) is 46.3 Å². The zero-order chi connectivity index (χ0) is 20.1. The molecule has 0 radical (unpaired) electrons. The van der Waals surface area contributed by atoms with Gasteiger partial charge in [0.1, 0.15) is 12.4 Å². The van der Waals surface area contributed by atoms with Crippen molar-refractivity contribution in [3.05, 3.63) is 65.2 Å². The van der Waals surface area contributed by atoms with E-state index in [4.69, 9.17) is 4.74 Å². The molecule has 1 atom stereocenters. The number of hydrogen-bond donors (Lipinski definition) is 1. The first-order valence-corrected chi connectivity index (χ1v) is 10.7. The topological polar surface area (TPSA) is 44.8 Å². The fourth-order valence-corrected chi connectivity index (χ4v) is 4.11. The number of nitrogens with zero attached hydrogens (tertiary/aromatic N) is 2. The lowest BCUT2D eigenvalue weighted by molar-refractivity contribution is -0.126. The molecule has 2 aliphatic rings. The summed E-state index contributed by atoms with van der Waals surface area (Å²) < 4.78 is 5.74. The van der Waals surface area contributed by atoms with Gasteiger partial charge >= 0.3 is 0 Å². The van der Waals surface area contributed by atoms with Crippen molar-refractivity contribution in [3.63, 3.8) is 0 Å². The molecule has 154 valence electrons. The van der Waals surface area contributed by atoms with Gasteiger partial charge in [-0.1, -0.05) is 49.4 Å². The number of carbonyl (C=O) groups excluding carboxylic acids is 1. The summed E-state index contributed by atoms with van der Waals surface area (Å²) in [5.41, 5.74) is 3.58. The maximum Gasteiger partial charge on any atom is 0.227 e. The Morgan fingerprint density at radius 1 is 1.00 bits per heavy atom. The van der Waals surface area contributed by atoms with Crippen LogP contribution in [0, 0.1) is 5.92 Å². The van der Waals surface area contributed by atoms with Crippen LogP contribution in [0.25, 0.3) is 0 Å². The fraction of sp³-hybridized carbons (Fsp3) is 0.458. The first kappa shape index (κ1) is 19.9.